The van der Waals surface area contributed by atoms with Crippen LogP contribution in [0.15, 0.2) is 34.3 Å². The Morgan fingerprint density at radius 1 is 1.17 bits per heavy atom. The lowest BCUT2D eigenvalue weighted by Gasteiger charge is -2.14. The van der Waals surface area contributed by atoms with Crippen molar-refractivity contribution in [2.45, 2.75) is 22.9 Å². The monoisotopic (exact) mass is 456 g/mol. The third-order valence-electron chi connectivity index (χ3n) is 5.16. The highest BCUT2D eigenvalue weighted by Crippen LogP contribution is 2.30. The van der Waals surface area contributed by atoms with Gasteiger partial charge in [0.1, 0.15) is 10.7 Å². The summed E-state index contributed by atoms with van der Waals surface area (Å²) < 4.78 is 51.1. The first kappa shape index (κ1) is 20.4. The van der Waals surface area contributed by atoms with Crippen molar-refractivity contribution >= 4 is 37.5 Å². The Kier molecular flexibility index (Phi) is 5.20. The maximum Gasteiger partial charge on any atom is 0.269 e. The number of thioether (sulfide) groups is 1. The van der Waals surface area contributed by atoms with Gasteiger partial charge in [-0.2, -0.15) is 0 Å². The number of hydrogen-bond donors (Lipinski definition) is 0. The lowest BCUT2D eigenvalue weighted by atomic mass is 10.1. The Labute approximate surface area is 173 Å². The summed E-state index contributed by atoms with van der Waals surface area (Å²) in [6, 6.07) is 6.19. The van der Waals surface area contributed by atoms with Gasteiger partial charge in [0, 0.05) is 25.8 Å². The van der Waals surface area contributed by atoms with E-state index in [9.17, 15) is 21.6 Å². The maximum absolute atomic E-state index is 12.6. The second-order valence-corrected chi connectivity index (χ2v) is 12.3. The standard InChI is InChI=1S/C17H20N4O5S3/c1-20-15(10-12-6-9-28(23,24)11-12)18-19-17(20)27-8-7-21-16(22)13-4-2-3-5-14(13)29(21,25)26/h2-5,12H,6-11H2,1H3. The van der Waals surface area contributed by atoms with E-state index in [2.05, 4.69) is 10.2 Å². The van der Waals surface area contributed by atoms with E-state index in [4.69, 9.17) is 0 Å². The summed E-state index contributed by atoms with van der Waals surface area (Å²) in [6.07, 6.45) is 1.17. The van der Waals surface area contributed by atoms with Crippen LogP contribution in [-0.4, -0.2) is 65.6 Å². The molecular formula is C17H20N4O5S3. The fraction of sp³-hybridized carbons (Fsp3) is 0.471. The third-order valence-corrected chi connectivity index (χ3v) is 9.84. The molecule has 12 heteroatoms. The average molecular weight is 457 g/mol. The molecule has 1 unspecified atom stereocenters. The molecule has 0 spiro atoms. The fourth-order valence-electron chi connectivity index (χ4n) is 3.61. The molecule has 0 radical (unpaired) electrons. The number of carbonyl (C=O) groups is 1. The summed E-state index contributed by atoms with van der Waals surface area (Å²) >= 11 is 1.31. The van der Waals surface area contributed by atoms with Gasteiger partial charge in [-0.15, -0.1) is 10.2 Å². The van der Waals surface area contributed by atoms with Crippen molar-refractivity contribution in [1.82, 2.24) is 19.1 Å². The summed E-state index contributed by atoms with van der Waals surface area (Å²) in [7, 11) is -4.95. The number of carbonyl (C=O) groups excluding carboxylic acids is 1. The highest BCUT2D eigenvalue weighted by atomic mass is 32.2. The molecule has 1 fully saturated rings. The first-order valence-corrected chi connectivity index (χ1v) is 13.3. The number of nitrogens with zero attached hydrogens (tertiary/aromatic N) is 4. The van der Waals surface area contributed by atoms with E-state index in [-0.39, 0.29) is 34.4 Å². The van der Waals surface area contributed by atoms with Crippen LogP contribution < -0.4 is 0 Å². The molecule has 0 saturated carbocycles. The maximum atomic E-state index is 12.6. The zero-order valence-corrected chi connectivity index (χ0v) is 18.1. The summed E-state index contributed by atoms with van der Waals surface area (Å²) in [5.74, 6) is 0.971. The molecule has 0 bridgehead atoms. The van der Waals surface area contributed by atoms with Gasteiger partial charge in [0.15, 0.2) is 15.0 Å². The molecule has 1 saturated heterocycles. The summed E-state index contributed by atoms with van der Waals surface area (Å²) in [5.41, 5.74) is 0.199. The minimum atomic E-state index is -3.81. The first-order chi connectivity index (χ1) is 13.7. The molecule has 2 aliphatic rings. The number of fused-ring (bicyclic) bond motifs is 1. The number of benzene rings is 1. The van der Waals surface area contributed by atoms with E-state index in [1.54, 1.807) is 23.7 Å². The minimum absolute atomic E-state index is 0.0313. The Morgan fingerprint density at radius 3 is 2.62 bits per heavy atom. The largest absolute Gasteiger partial charge is 0.309 e. The molecule has 2 aliphatic heterocycles. The smallest absolute Gasteiger partial charge is 0.269 e. The summed E-state index contributed by atoms with van der Waals surface area (Å²) in [4.78, 5) is 12.5. The van der Waals surface area contributed by atoms with Crippen LogP contribution >= 0.6 is 11.8 Å². The van der Waals surface area contributed by atoms with Crippen molar-refractivity contribution in [3.05, 3.63) is 35.7 Å². The number of sulfone groups is 1. The Balaban J connectivity index is 1.38. The highest BCUT2D eigenvalue weighted by molar-refractivity contribution is 7.99. The van der Waals surface area contributed by atoms with Crippen molar-refractivity contribution in [3.63, 3.8) is 0 Å². The third kappa shape index (κ3) is 3.80. The van der Waals surface area contributed by atoms with Crippen LogP contribution in [0.25, 0.3) is 0 Å². The molecule has 2 aromatic rings. The second kappa shape index (κ2) is 7.40. The number of hydrogen-bond acceptors (Lipinski definition) is 8. The number of sulfonamides is 1. The van der Waals surface area contributed by atoms with Gasteiger partial charge in [-0.3, -0.25) is 4.79 Å². The predicted octanol–water partition coefficient (Wildman–Crippen LogP) is 0.729. The van der Waals surface area contributed by atoms with Crippen LogP contribution in [0, 0.1) is 5.92 Å². The van der Waals surface area contributed by atoms with Crippen LogP contribution in [0.5, 0.6) is 0 Å². The quantitative estimate of drug-likeness (QED) is 0.584. The normalized spacial score (nSPS) is 22.2. The van der Waals surface area contributed by atoms with E-state index < -0.39 is 25.8 Å². The van der Waals surface area contributed by atoms with Gasteiger partial charge in [-0.05, 0) is 24.5 Å². The molecule has 1 atom stereocenters. The molecule has 1 aromatic heterocycles. The number of aromatic nitrogens is 3. The van der Waals surface area contributed by atoms with E-state index in [0.717, 1.165) is 4.31 Å². The van der Waals surface area contributed by atoms with Gasteiger partial charge in [-0.25, -0.2) is 21.1 Å². The first-order valence-electron chi connectivity index (χ1n) is 9.06. The molecule has 9 nitrogen and oxygen atoms in total. The van der Waals surface area contributed by atoms with E-state index in [1.807, 2.05) is 0 Å². The van der Waals surface area contributed by atoms with E-state index in [1.165, 1.54) is 23.9 Å². The molecular weight excluding hydrogens is 436 g/mol. The molecule has 29 heavy (non-hydrogen) atoms. The van der Waals surface area contributed by atoms with Crippen molar-refractivity contribution < 1.29 is 21.6 Å². The van der Waals surface area contributed by atoms with Gasteiger partial charge in [0.25, 0.3) is 15.9 Å². The zero-order chi connectivity index (χ0) is 20.8. The Hall–Kier alpha value is -1.92. The van der Waals surface area contributed by atoms with Gasteiger partial charge in [0.05, 0.1) is 17.1 Å². The second-order valence-electron chi connectivity index (χ2n) is 7.16. The zero-order valence-electron chi connectivity index (χ0n) is 15.7. The fourth-order valence-corrected chi connectivity index (χ4v) is 8.01. The Bertz CT molecular complexity index is 1170. The van der Waals surface area contributed by atoms with Crippen LogP contribution in [-0.2, 0) is 33.3 Å². The highest BCUT2D eigenvalue weighted by Gasteiger charge is 2.40. The number of rotatable bonds is 6. The summed E-state index contributed by atoms with van der Waals surface area (Å²) in [5, 5.41) is 8.88. The van der Waals surface area contributed by atoms with Crippen molar-refractivity contribution in [2.75, 3.05) is 23.8 Å². The Morgan fingerprint density at radius 2 is 1.93 bits per heavy atom. The molecule has 0 N–H and O–H groups in total. The van der Waals surface area contributed by atoms with E-state index >= 15 is 0 Å². The topological polar surface area (TPSA) is 119 Å². The lowest BCUT2D eigenvalue weighted by molar-refractivity contribution is 0.0876. The van der Waals surface area contributed by atoms with Crippen LogP contribution in [0.3, 0.4) is 0 Å². The predicted molar refractivity (Wildman–Crippen MR) is 107 cm³/mol. The molecule has 1 aromatic carbocycles. The summed E-state index contributed by atoms with van der Waals surface area (Å²) in [6.45, 7) is 0.0313. The van der Waals surface area contributed by atoms with Crippen LogP contribution in [0.4, 0.5) is 0 Å². The van der Waals surface area contributed by atoms with Gasteiger partial charge in [-0.1, -0.05) is 23.9 Å². The van der Waals surface area contributed by atoms with Crippen LogP contribution in [0.1, 0.15) is 22.6 Å². The minimum Gasteiger partial charge on any atom is -0.309 e. The van der Waals surface area contributed by atoms with Crippen molar-refractivity contribution in [2.24, 2.45) is 13.0 Å². The molecule has 3 heterocycles. The van der Waals surface area contributed by atoms with Gasteiger partial charge < -0.3 is 4.57 Å². The van der Waals surface area contributed by atoms with E-state index in [0.29, 0.717) is 29.6 Å². The SMILES string of the molecule is Cn1c(CC2CCS(=O)(=O)C2)nnc1SCCN1C(=O)c2ccccc2S1(=O)=O. The van der Waals surface area contributed by atoms with Gasteiger partial charge >= 0.3 is 0 Å². The van der Waals surface area contributed by atoms with Crippen LogP contribution in [0.2, 0.25) is 0 Å². The van der Waals surface area contributed by atoms with Crippen molar-refractivity contribution in [3.8, 4) is 0 Å². The molecule has 156 valence electrons. The average Bonchev–Trinajstić information content (AvgIpc) is 3.25. The molecule has 4 rings (SSSR count). The molecule has 0 aliphatic carbocycles. The molecule has 1 amide bonds. The lowest BCUT2D eigenvalue weighted by Crippen LogP contribution is -2.32. The van der Waals surface area contributed by atoms with Gasteiger partial charge in [0.2, 0.25) is 0 Å². The van der Waals surface area contributed by atoms with Crippen molar-refractivity contribution in [1.29, 1.82) is 0 Å². The number of amides is 1.